The second-order valence-corrected chi connectivity index (χ2v) is 5.10. The Bertz CT molecular complexity index is 183. The van der Waals surface area contributed by atoms with Crippen molar-refractivity contribution in [1.29, 1.82) is 0 Å². The SMILES string of the molecule is CCOP(=O)(OCC)C(C)CC=O. The van der Waals surface area contributed by atoms with E-state index in [4.69, 9.17) is 9.05 Å². The molecule has 13 heavy (non-hydrogen) atoms. The molecular weight excluding hydrogens is 191 g/mol. The van der Waals surface area contributed by atoms with Gasteiger partial charge in [0.15, 0.2) is 0 Å². The van der Waals surface area contributed by atoms with Gasteiger partial charge in [-0.1, -0.05) is 6.92 Å². The summed E-state index contributed by atoms with van der Waals surface area (Å²) in [7, 11) is -3.06. The van der Waals surface area contributed by atoms with Gasteiger partial charge in [-0.15, -0.1) is 0 Å². The van der Waals surface area contributed by atoms with Gasteiger partial charge in [-0.3, -0.25) is 4.57 Å². The monoisotopic (exact) mass is 208 g/mol. The molecule has 0 aliphatic rings. The van der Waals surface area contributed by atoms with Crippen LogP contribution in [0.15, 0.2) is 0 Å². The number of rotatable bonds is 7. The molecule has 0 amide bonds. The summed E-state index contributed by atoms with van der Waals surface area (Å²) in [5.74, 6) is 0. The van der Waals surface area contributed by atoms with Crippen molar-refractivity contribution in [2.24, 2.45) is 0 Å². The lowest BCUT2D eigenvalue weighted by molar-refractivity contribution is -0.107. The number of aldehydes is 1. The molecule has 78 valence electrons. The highest BCUT2D eigenvalue weighted by Crippen LogP contribution is 2.53. The molecule has 0 saturated carbocycles. The molecule has 0 fully saturated rings. The number of carbonyl (C=O) groups is 1. The molecule has 0 aromatic rings. The van der Waals surface area contributed by atoms with Gasteiger partial charge in [0.1, 0.15) is 6.29 Å². The molecular formula is C8H17O4P. The van der Waals surface area contributed by atoms with Gasteiger partial charge in [0.05, 0.1) is 18.9 Å². The Kier molecular flexibility index (Phi) is 6.21. The van der Waals surface area contributed by atoms with Gasteiger partial charge in [0.25, 0.3) is 0 Å². The molecule has 5 heteroatoms. The van der Waals surface area contributed by atoms with Crippen LogP contribution in [-0.4, -0.2) is 25.2 Å². The van der Waals surface area contributed by atoms with E-state index in [-0.39, 0.29) is 12.1 Å². The van der Waals surface area contributed by atoms with Crippen molar-refractivity contribution in [3.8, 4) is 0 Å². The third-order valence-corrected chi connectivity index (χ3v) is 4.12. The fraction of sp³-hybridized carbons (Fsp3) is 0.875. The predicted octanol–water partition coefficient (Wildman–Crippen LogP) is 2.23. The lowest BCUT2D eigenvalue weighted by atomic mass is 10.4. The maximum Gasteiger partial charge on any atom is 0.333 e. The van der Waals surface area contributed by atoms with Crippen molar-refractivity contribution in [2.75, 3.05) is 13.2 Å². The van der Waals surface area contributed by atoms with Crippen LogP contribution in [0.3, 0.4) is 0 Å². The summed E-state index contributed by atoms with van der Waals surface area (Å²) >= 11 is 0. The quantitative estimate of drug-likeness (QED) is 0.475. The van der Waals surface area contributed by atoms with Crippen molar-refractivity contribution in [2.45, 2.75) is 32.9 Å². The van der Waals surface area contributed by atoms with Crippen LogP contribution >= 0.6 is 7.60 Å². The lowest BCUT2D eigenvalue weighted by Gasteiger charge is -2.21. The zero-order valence-electron chi connectivity index (χ0n) is 8.36. The molecule has 0 aromatic carbocycles. The summed E-state index contributed by atoms with van der Waals surface area (Å²) in [4.78, 5) is 10.2. The zero-order valence-corrected chi connectivity index (χ0v) is 9.25. The summed E-state index contributed by atoms with van der Waals surface area (Å²) in [6, 6.07) is 0. The minimum absolute atomic E-state index is 0.206. The minimum atomic E-state index is -3.06. The summed E-state index contributed by atoms with van der Waals surface area (Å²) in [6.45, 7) is 5.86. The van der Waals surface area contributed by atoms with Crippen LogP contribution in [0.25, 0.3) is 0 Å². The first-order valence-corrected chi connectivity index (χ1v) is 6.04. The van der Waals surface area contributed by atoms with Crippen LogP contribution in [0.4, 0.5) is 0 Å². The number of hydrogen-bond donors (Lipinski definition) is 0. The predicted molar refractivity (Wildman–Crippen MR) is 51.0 cm³/mol. The van der Waals surface area contributed by atoms with E-state index in [9.17, 15) is 9.36 Å². The molecule has 0 radical (unpaired) electrons. The van der Waals surface area contributed by atoms with Gasteiger partial charge in [-0.25, -0.2) is 0 Å². The van der Waals surface area contributed by atoms with Crippen molar-refractivity contribution < 1.29 is 18.4 Å². The maximum atomic E-state index is 11.9. The Morgan fingerprint density at radius 1 is 1.31 bits per heavy atom. The van der Waals surface area contributed by atoms with Crippen molar-refractivity contribution >= 4 is 13.9 Å². The maximum absolute atomic E-state index is 11.9. The molecule has 0 aromatic heterocycles. The largest absolute Gasteiger partial charge is 0.333 e. The highest BCUT2D eigenvalue weighted by Gasteiger charge is 2.31. The van der Waals surface area contributed by atoms with Gasteiger partial charge in [-0.05, 0) is 13.8 Å². The lowest BCUT2D eigenvalue weighted by Crippen LogP contribution is -2.10. The normalized spacial score (nSPS) is 14.1. The van der Waals surface area contributed by atoms with Crippen LogP contribution < -0.4 is 0 Å². The smallest absolute Gasteiger partial charge is 0.309 e. The first kappa shape index (κ1) is 12.8. The summed E-state index contributed by atoms with van der Waals surface area (Å²) in [6.07, 6.45) is 0.937. The fourth-order valence-electron chi connectivity index (χ4n) is 0.920. The molecule has 1 atom stereocenters. The van der Waals surface area contributed by atoms with E-state index in [1.165, 1.54) is 0 Å². The van der Waals surface area contributed by atoms with E-state index in [1.54, 1.807) is 20.8 Å². The molecule has 0 spiro atoms. The van der Waals surface area contributed by atoms with Gasteiger partial charge in [-0.2, -0.15) is 0 Å². The van der Waals surface area contributed by atoms with Crippen molar-refractivity contribution in [3.05, 3.63) is 0 Å². The van der Waals surface area contributed by atoms with Crippen LogP contribution in [0.5, 0.6) is 0 Å². The van der Waals surface area contributed by atoms with Crippen molar-refractivity contribution in [1.82, 2.24) is 0 Å². The van der Waals surface area contributed by atoms with Gasteiger partial charge < -0.3 is 13.8 Å². The van der Waals surface area contributed by atoms with E-state index < -0.39 is 7.60 Å². The molecule has 4 nitrogen and oxygen atoms in total. The van der Waals surface area contributed by atoms with Gasteiger partial charge >= 0.3 is 7.60 Å². The Morgan fingerprint density at radius 3 is 2.08 bits per heavy atom. The number of hydrogen-bond acceptors (Lipinski definition) is 4. The standard InChI is InChI=1S/C8H17O4P/c1-4-11-13(10,12-5-2)8(3)6-7-9/h7-8H,4-6H2,1-3H3. The molecule has 0 bridgehead atoms. The fourth-order valence-corrected chi connectivity index (χ4v) is 2.57. The topological polar surface area (TPSA) is 52.6 Å². The highest BCUT2D eigenvalue weighted by atomic mass is 31.2. The first-order valence-electron chi connectivity index (χ1n) is 4.43. The van der Waals surface area contributed by atoms with E-state index in [1.807, 2.05) is 0 Å². The second kappa shape index (κ2) is 6.30. The second-order valence-electron chi connectivity index (χ2n) is 2.63. The average Bonchev–Trinajstić information content (AvgIpc) is 2.05. The van der Waals surface area contributed by atoms with E-state index in [2.05, 4.69) is 0 Å². The molecule has 0 aliphatic carbocycles. The van der Waals surface area contributed by atoms with Crippen LogP contribution in [-0.2, 0) is 18.4 Å². The van der Waals surface area contributed by atoms with E-state index in [0.29, 0.717) is 13.2 Å². The molecule has 0 rings (SSSR count). The van der Waals surface area contributed by atoms with Gasteiger partial charge in [0.2, 0.25) is 0 Å². The molecule has 0 saturated heterocycles. The summed E-state index contributed by atoms with van der Waals surface area (Å²) in [5, 5.41) is 0. The summed E-state index contributed by atoms with van der Waals surface area (Å²) < 4.78 is 22.0. The highest BCUT2D eigenvalue weighted by molar-refractivity contribution is 7.54. The van der Waals surface area contributed by atoms with E-state index in [0.717, 1.165) is 6.29 Å². The summed E-state index contributed by atoms with van der Waals surface area (Å²) in [5.41, 5.74) is -0.357. The Labute approximate surface area is 79.1 Å². The Balaban J connectivity index is 4.36. The molecule has 1 unspecified atom stereocenters. The molecule has 0 heterocycles. The third kappa shape index (κ3) is 4.03. The zero-order chi connectivity index (χ0) is 10.3. The first-order chi connectivity index (χ1) is 6.10. The third-order valence-electron chi connectivity index (χ3n) is 1.60. The van der Waals surface area contributed by atoms with Gasteiger partial charge in [0, 0.05) is 6.42 Å². The van der Waals surface area contributed by atoms with E-state index >= 15 is 0 Å². The van der Waals surface area contributed by atoms with Crippen LogP contribution in [0.2, 0.25) is 0 Å². The van der Waals surface area contributed by atoms with Crippen LogP contribution in [0.1, 0.15) is 27.2 Å². The van der Waals surface area contributed by atoms with Crippen LogP contribution in [0, 0.1) is 0 Å². The van der Waals surface area contributed by atoms with Crippen molar-refractivity contribution in [3.63, 3.8) is 0 Å². The molecule has 0 aliphatic heterocycles. The molecule has 0 N–H and O–H groups in total. The Morgan fingerprint density at radius 2 is 1.77 bits per heavy atom. The average molecular weight is 208 g/mol. The number of carbonyl (C=O) groups excluding carboxylic acids is 1. The minimum Gasteiger partial charge on any atom is -0.309 e. The Hall–Kier alpha value is -0.180.